The van der Waals surface area contributed by atoms with Gasteiger partial charge in [0.05, 0.1) is 26.4 Å². The molecule has 101 heavy (non-hydrogen) atoms. The van der Waals surface area contributed by atoms with Crippen molar-refractivity contribution in [1.29, 1.82) is 0 Å². The van der Waals surface area contributed by atoms with Gasteiger partial charge in [0.2, 0.25) is 0 Å². The molecule has 0 saturated heterocycles. The van der Waals surface area contributed by atoms with Crippen molar-refractivity contribution in [1.82, 2.24) is 0 Å². The zero-order valence-corrected chi connectivity index (χ0v) is 65.1. The van der Waals surface area contributed by atoms with Gasteiger partial charge in [0.25, 0.3) is 0 Å². The molecule has 5 unspecified atom stereocenters. The Hall–Kier alpha value is -4.31. The van der Waals surface area contributed by atoms with E-state index >= 15 is 0 Å². The van der Waals surface area contributed by atoms with E-state index in [-0.39, 0.29) is 19.3 Å². The van der Waals surface area contributed by atoms with Crippen molar-refractivity contribution >= 4 is 33.6 Å². The largest absolute Gasteiger partial charge is 0.472 e. The summed E-state index contributed by atoms with van der Waals surface area (Å²) in [5.41, 5.74) is 0. The van der Waals surface area contributed by atoms with Crippen LogP contribution in [-0.4, -0.2) is 95.9 Å². The molecule has 0 aliphatic carbocycles. The number of hydrogen-bond acceptors (Lipinski definition) is 14. The highest BCUT2D eigenvalue weighted by Crippen LogP contribution is 2.45. The van der Waals surface area contributed by atoms with E-state index in [2.05, 4.69) is 154 Å². The molecule has 0 heterocycles. The molecule has 18 heteroatoms. The summed E-state index contributed by atoms with van der Waals surface area (Å²) in [5.74, 6) is -1.62. The minimum Gasteiger partial charge on any atom is -0.463 e. The van der Waals surface area contributed by atoms with Crippen molar-refractivity contribution in [3.8, 4) is 0 Å². The molecule has 4 N–H and O–H groups in total. The molecule has 0 aromatic carbocycles. The number of ether oxygens (including phenoxy) is 3. The summed E-state index contributed by atoms with van der Waals surface area (Å²) >= 11 is 0. The van der Waals surface area contributed by atoms with Crippen LogP contribution in [0.5, 0.6) is 0 Å². The second kappa shape index (κ2) is 75.4. The van der Waals surface area contributed by atoms with Gasteiger partial charge in [0, 0.05) is 19.3 Å². The van der Waals surface area contributed by atoms with Crippen LogP contribution in [0.1, 0.15) is 316 Å². The van der Waals surface area contributed by atoms with Crippen molar-refractivity contribution in [2.75, 3.05) is 39.6 Å². The Morgan fingerprint density at radius 3 is 0.832 bits per heavy atom. The average Bonchev–Trinajstić information content (AvgIpc) is 0.995. The van der Waals surface area contributed by atoms with E-state index in [9.17, 15) is 43.5 Å². The summed E-state index contributed by atoms with van der Waals surface area (Å²) in [6, 6.07) is 0. The first kappa shape index (κ1) is 96.7. The minimum absolute atomic E-state index is 0.0704. The van der Waals surface area contributed by atoms with Crippen molar-refractivity contribution in [2.24, 2.45) is 0 Å². The van der Waals surface area contributed by atoms with Crippen molar-refractivity contribution in [3.63, 3.8) is 0 Å². The van der Waals surface area contributed by atoms with Crippen LogP contribution in [0.15, 0.2) is 134 Å². The van der Waals surface area contributed by atoms with Crippen LogP contribution in [-0.2, 0) is 55.8 Å². The van der Waals surface area contributed by atoms with Crippen LogP contribution < -0.4 is 0 Å². The van der Waals surface area contributed by atoms with Crippen LogP contribution in [0.4, 0.5) is 0 Å². The molecule has 0 fully saturated rings. The van der Waals surface area contributed by atoms with Gasteiger partial charge in [-0.1, -0.05) is 289 Å². The number of rotatable bonds is 74. The molecule has 580 valence electrons. The lowest BCUT2D eigenvalue weighted by Crippen LogP contribution is -2.30. The molecule has 0 spiro atoms. The number of phosphoric acid groups is 2. The van der Waals surface area contributed by atoms with E-state index in [1.807, 2.05) is 0 Å². The van der Waals surface area contributed by atoms with Gasteiger partial charge >= 0.3 is 33.6 Å². The number of esters is 3. The first-order chi connectivity index (χ1) is 49.2. The molecule has 0 aromatic heterocycles. The second-order valence-corrected chi connectivity index (χ2v) is 29.0. The Labute approximate surface area is 614 Å². The number of allylic oxidation sites excluding steroid dienone is 22. The van der Waals surface area contributed by atoms with Crippen LogP contribution in [0, 0.1) is 0 Å². The van der Waals surface area contributed by atoms with E-state index < -0.39 is 91.5 Å². The predicted molar refractivity (Wildman–Crippen MR) is 417 cm³/mol. The number of phosphoric ester groups is 2. The maximum atomic E-state index is 13.0. The first-order valence-corrected chi connectivity index (χ1v) is 42.5. The molecule has 0 bridgehead atoms. The van der Waals surface area contributed by atoms with Crippen molar-refractivity contribution in [2.45, 2.75) is 334 Å². The number of hydrogen-bond donors (Lipinski definition) is 4. The second-order valence-electron chi connectivity index (χ2n) is 26.1. The summed E-state index contributed by atoms with van der Waals surface area (Å²) in [5, 5.41) is 20.6. The Kier molecular flexibility index (Phi) is 72.2. The van der Waals surface area contributed by atoms with Crippen LogP contribution in [0.25, 0.3) is 0 Å². The molecular formula is C83H142O16P2. The van der Waals surface area contributed by atoms with Gasteiger partial charge in [-0.15, -0.1) is 0 Å². The monoisotopic (exact) mass is 1460 g/mol. The lowest BCUT2D eigenvalue weighted by Gasteiger charge is -2.21. The molecule has 0 aliphatic heterocycles. The molecule has 0 radical (unpaired) electrons. The average molecular weight is 1460 g/mol. The topological polar surface area (TPSA) is 231 Å². The molecule has 16 nitrogen and oxygen atoms in total. The van der Waals surface area contributed by atoms with E-state index in [1.54, 1.807) is 0 Å². The summed E-state index contributed by atoms with van der Waals surface area (Å²) < 4.78 is 61.1. The Morgan fingerprint density at radius 2 is 0.525 bits per heavy atom. The normalized spacial score (nSPS) is 14.7. The highest BCUT2D eigenvalue weighted by molar-refractivity contribution is 7.47. The third-order valence-electron chi connectivity index (χ3n) is 16.3. The summed E-state index contributed by atoms with van der Waals surface area (Å²) in [7, 11) is -9.81. The molecule has 0 rings (SSSR count). The fourth-order valence-electron chi connectivity index (χ4n) is 10.3. The van der Waals surface area contributed by atoms with Gasteiger partial charge in [0.1, 0.15) is 25.4 Å². The molecule has 0 aromatic rings. The first-order valence-electron chi connectivity index (χ1n) is 39.5. The lowest BCUT2D eigenvalue weighted by atomic mass is 10.0. The zero-order chi connectivity index (χ0) is 73.7. The predicted octanol–water partition coefficient (Wildman–Crippen LogP) is 23.1. The van der Waals surface area contributed by atoms with Crippen LogP contribution in [0.2, 0.25) is 0 Å². The van der Waals surface area contributed by atoms with Crippen LogP contribution >= 0.6 is 15.6 Å². The third kappa shape index (κ3) is 76.6. The van der Waals surface area contributed by atoms with E-state index in [0.717, 1.165) is 154 Å². The Morgan fingerprint density at radius 1 is 0.287 bits per heavy atom. The van der Waals surface area contributed by atoms with Gasteiger partial charge in [0.15, 0.2) is 6.10 Å². The Bertz CT molecular complexity index is 2370. The standard InChI is InChI=1S/C83H142O16P2/c1-4-7-10-13-16-19-22-25-28-31-33-34-35-36-37-38-39-40-41-42-44-47-48-51-54-57-60-63-66-69-81(86)93-72-78(84)73-95-100(89,90)96-74-79(85)75-97-101(91,92)98-77-80(99-83(88)71-68-65-62-59-56-53-50-45-30-27-24-21-18-15-12-9-6-3)76-94-82(87)70-67-64-61-58-55-52-49-46-43-32-29-26-23-20-17-14-11-8-5-2/h9,12,16-21,25-30,33-34,36-37,43,46,50,53,78-80,84-85H,4-8,10-11,13-15,22-24,31-32,35,38-42,44-45,47-49,51-52,54-77H2,1-3H3,(H,89,90)(H,91,92)/b12-9-,19-16-,20-17-,21-18-,28-25-,29-26-,30-27-,34-33-,37-36-,46-43-,53-50-. The van der Waals surface area contributed by atoms with Gasteiger partial charge in [-0.25, -0.2) is 9.13 Å². The quantitative estimate of drug-likeness (QED) is 0.0146. The number of aliphatic hydroxyl groups excluding tert-OH is 2. The van der Waals surface area contributed by atoms with Crippen molar-refractivity contribution < 1.29 is 75.8 Å². The summed E-state index contributed by atoms with van der Waals surface area (Å²) in [4.78, 5) is 58.6. The minimum atomic E-state index is -4.94. The molecule has 5 atom stereocenters. The number of carbonyl (C=O) groups excluding carboxylic acids is 3. The lowest BCUT2D eigenvalue weighted by molar-refractivity contribution is -0.161. The number of unbranched alkanes of at least 4 members (excludes halogenated alkanes) is 29. The van der Waals surface area contributed by atoms with E-state index in [0.29, 0.717) is 19.3 Å². The maximum absolute atomic E-state index is 13.0. The highest BCUT2D eigenvalue weighted by Gasteiger charge is 2.29. The molecule has 0 aliphatic rings. The third-order valence-corrected chi connectivity index (χ3v) is 18.2. The highest BCUT2D eigenvalue weighted by atomic mass is 31.2. The molecule has 0 saturated carbocycles. The maximum Gasteiger partial charge on any atom is 0.472 e. The van der Waals surface area contributed by atoms with Gasteiger partial charge in [-0.05, 0) is 141 Å². The number of carbonyl (C=O) groups is 3. The Balaban J connectivity index is 4.57. The van der Waals surface area contributed by atoms with E-state index in [1.165, 1.54) is 103 Å². The smallest absolute Gasteiger partial charge is 0.463 e. The summed E-state index contributed by atoms with van der Waals surface area (Å²) in [6.45, 7) is 2.47. The molecule has 0 amide bonds. The molecular weight excluding hydrogens is 1310 g/mol. The fraction of sp³-hybridized carbons (Fsp3) is 0.699. The zero-order valence-electron chi connectivity index (χ0n) is 63.3. The van der Waals surface area contributed by atoms with Gasteiger partial charge in [-0.2, -0.15) is 0 Å². The SMILES string of the molecule is CC/C=C\C/C=C\C/C=C\C/C=C\CCCCCCC(=O)OC(COC(=O)CCCCCCCC/C=C\C/C=C\C/C=C\CCCCC)COP(=O)(O)OCC(O)COP(=O)(O)OCC(O)COC(=O)CCCCCCCCCCCCCCC/C=C\C/C=C\C/C=C\C/C=C\CCCCC. The number of aliphatic hydroxyl groups is 2. The van der Waals surface area contributed by atoms with E-state index in [4.69, 9.17) is 32.3 Å². The van der Waals surface area contributed by atoms with Gasteiger partial charge in [-0.3, -0.25) is 32.5 Å². The van der Waals surface area contributed by atoms with Gasteiger partial charge < -0.3 is 34.2 Å². The van der Waals surface area contributed by atoms with Crippen LogP contribution in [0.3, 0.4) is 0 Å². The fourth-order valence-corrected chi connectivity index (χ4v) is 11.9. The van der Waals surface area contributed by atoms with Crippen molar-refractivity contribution in [3.05, 3.63) is 134 Å². The summed E-state index contributed by atoms with van der Waals surface area (Å²) in [6.07, 6.45) is 90.7.